The zero-order valence-corrected chi connectivity index (χ0v) is 14.4. The zero-order chi connectivity index (χ0) is 13.1. The molecule has 1 N–H and O–H groups in total. The molecule has 92 valence electrons. The number of hydrogen-bond donors (Lipinski definition) is 1. The molecule has 2 aromatic carbocycles. The van der Waals surface area contributed by atoms with Crippen molar-refractivity contribution in [3.8, 4) is 0 Å². The van der Waals surface area contributed by atoms with Crippen LogP contribution >= 0.6 is 54.5 Å². The van der Waals surface area contributed by atoms with E-state index in [4.69, 9.17) is 0 Å². The van der Waals surface area contributed by atoms with Gasteiger partial charge in [0.05, 0.1) is 11.3 Å². The summed E-state index contributed by atoms with van der Waals surface area (Å²) in [5.41, 5.74) is 1.42. The second kappa shape index (κ2) is 6.16. The Morgan fingerprint density at radius 1 is 1.11 bits per heavy atom. The fourth-order valence-corrected chi connectivity index (χ4v) is 2.73. The van der Waals surface area contributed by atoms with Gasteiger partial charge in [-0.15, -0.1) is 0 Å². The topological polar surface area (TPSA) is 29.1 Å². The van der Waals surface area contributed by atoms with Crippen LogP contribution in [-0.4, -0.2) is 5.91 Å². The van der Waals surface area contributed by atoms with E-state index in [9.17, 15) is 4.79 Å². The maximum atomic E-state index is 12.2. The van der Waals surface area contributed by atoms with Gasteiger partial charge in [0.15, 0.2) is 0 Å². The number of anilines is 1. The standard InChI is InChI=1S/C13H8Br2INO/c14-8-5-6-10(15)9(7-8)13(18)17-12-4-2-1-3-11(12)16/h1-7H,(H,17,18). The molecule has 0 saturated carbocycles. The van der Waals surface area contributed by atoms with Crippen molar-refractivity contribution in [2.75, 3.05) is 5.32 Å². The van der Waals surface area contributed by atoms with Crippen LogP contribution in [-0.2, 0) is 0 Å². The Morgan fingerprint density at radius 3 is 2.56 bits per heavy atom. The van der Waals surface area contributed by atoms with Gasteiger partial charge >= 0.3 is 0 Å². The lowest BCUT2D eigenvalue weighted by atomic mass is 10.2. The van der Waals surface area contributed by atoms with Crippen molar-refractivity contribution in [3.63, 3.8) is 0 Å². The Labute approximate surface area is 136 Å². The second-order valence-corrected chi connectivity index (χ2v) is 6.49. The molecule has 2 aromatic rings. The van der Waals surface area contributed by atoms with E-state index in [0.717, 1.165) is 18.2 Å². The number of nitrogens with one attached hydrogen (secondary N) is 1. The van der Waals surface area contributed by atoms with Gasteiger partial charge in [0.2, 0.25) is 0 Å². The molecule has 0 bridgehead atoms. The summed E-state index contributed by atoms with van der Waals surface area (Å²) < 4.78 is 2.65. The molecular formula is C13H8Br2INO. The molecule has 5 heteroatoms. The summed E-state index contributed by atoms with van der Waals surface area (Å²) in [7, 11) is 0. The third kappa shape index (κ3) is 3.33. The molecule has 2 nitrogen and oxygen atoms in total. The fourth-order valence-electron chi connectivity index (χ4n) is 1.42. The van der Waals surface area contributed by atoms with E-state index in [-0.39, 0.29) is 5.91 Å². The van der Waals surface area contributed by atoms with Gasteiger partial charge in [0.1, 0.15) is 0 Å². The molecular weight excluding hydrogens is 473 g/mol. The second-order valence-electron chi connectivity index (χ2n) is 3.56. The monoisotopic (exact) mass is 479 g/mol. The van der Waals surface area contributed by atoms with E-state index < -0.39 is 0 Å². The van der Waals surface area contributed by atoms with Crippen molar-refractivity contribution in [1.82, 2.24) is 0 Å². The quantitative estimate of drug-likeness (QED) is 0.597. The van der Waals surface area contributed by atoms with Gasteiger partial charge in [-0.2, -0.15) is 0 Å². The molecule has 0 fully saturated rings. The van der Waals surface area contributed by atoms with Crippen molar-refractivity contribution in [2.24, 2.45) is 0 Å². The molecule has 0 aliphatic rings. The molecule has 0 radical (unpaired) electrons. The minimum Gasteiger partial charge on any atom is -0.321 e. The van der Waals surface area contributed by atoms with Gasteiger partial charge in [0, 0.05) is 12.5 Å². The Hall–Kier alpha value is -0.400. The average molecular weight is 481 g/mol. The highest BCUT2D eigenvalue weighted by molar-refractivity contribution is 14.1. The summed E-state index contributed by atoms with van der Waals surface area (Å²) in [4.78, 5) is 12.2. The van der Waals surface area contributed by atoms with Crippen LogP contribution in [0.3, 0.4) is 0 Å². The van der Waals surface area contributed by atoms with Gasteiger partial charge < -0.3 is 5.32 Å². The molecule has 1 amide bonds. The highest BCUT2D eigenvalue weighted by atomic mass is 127. The molecule has 0 aliphatic heterocycles. The normalized spacial score (nSPS) is 10.2. The smallest absolute Gasteiger partial charge is 0.256 e. The average Bonchev–Trinajstić information content (AvgIpc) is 2.35. The fraction of sp³-hybridized carbons (Fsp3) is 0. The first-order valence-corrected chi connectivity index (χ1v) is 7.75. The number of rotatable bonds is 2. The van der Waals surface area contributed by atoms with Gasteiger partial charge in [-0.1, -0.05) is 28.1 Å². The Bertz CT molecular complexity index is 601. The van der Waals surface area contributed by atoms with Gasteiger partial charge in [-0.05, 0) is 68.9 Å². The first-order valence-electron chi connectivity index (χ1n) is 5.09. The number of carbonyl (C=O) groups excluding carboxylic acids is 1. The van der Waals surface area contributed by atoms with Gasteiger partial charge in [-0.25, -0.2) is 0 Å². The number of hydrogen-bond acceptors (Lipinski definition) is 1. The summed E-state index contributed by atoms with van der Waals surface area (Å²) in [6.45, 7) is 0. The Kier molecular flexibility index (Phi) is 4.80. The number of carbonyl (C=O) groups is 1. The molecule has 0 atom stereocenters. The van der Waals surface area contributed by atoms with Crippen molar-refractivity contribution in [3.05, 3.63) is 60.5 Å². The number of benzene rings is 2. The first kappa shape index (κ1) is 14.0. The van der Waals surface area contributed by atoms with Crippen molar-refractivity contribution in [1.29, 1.82) is 0 Å². The molecule has 0 aromatic heterocycles. The Morgan fingerprint density at radius 2 is 1.83 bits per heavy atom. The minimum absolute atomic E-state index is 0.132. The highest BCUT2D eigenvalue weighted by Crippen LogP contribution is 2.24. The van der Waals surface area contributed by atoms with Crippen molar-refractivity contribution < 1.29 is 4.79 Å². The molecule has 18 heavy (non-hydrogen) atoms. The van der Waals surface area contributed by atoms with E-state index in [1.165, 1.54) is 0 Å². The van der Waals surface area contributed by atoms with E-state index in [1.807, 2.05) is 36.4 Å². The molecule has 2 rings (SSSR count). The van der Waals surface area contributed by atoms with Gasteiger partial charge in [-0.3, -0.25) is 4.79 Å². The third-order valence-corrected chi connectivity index (χ3v) is 4.42. The molecule has 0 unspecified atom stereocenters. The number of halogens is 3. The summed E-state index contributed by atoms with van der Waals surface area (Å²) in [5.74, 6) is -0.132. The van der Waals surface area contributed by atoms with Crippen LogP contribution in [0.5, 0.6) is 0 Å². The maximum Gasteiger partial charge on any atom is 0.256 e. The van der Waals surface area contributed by atoms with Crippen LogP contribution in [0.15, 0.2) is 51.4 Å². The summed E-state index contributed by atoms with van der Waals surface area (Å²) >= 11 is 8.93. The maximum absolute atomic E-state index is 12.2. The lowest BCUT2D eigenvalue weighted by molar-refractivity contribution is 0.102. The van der Waals surface area contributed by atoms with Crippen LogP contribution in [0.25, 0.3) is 0 Å². The number of para-hydroxylation sites is 1. The SMILES string of the molecule is O=C(Nc1ccccc1I)c1cc(Br)ccc1Br. The lowest BCUT2D eigenvalue weighted by Crippen LogP contribution is -2.13. The predicted octanol–water partition coefficient (Wildman–Crippen LogP) is 5.07. The summed E-state index contributed by atoms with van der Waals surface area (Å²) in [6.07, 6.45) is 0. The number of amides is 1. The zero-order valence-electron chi connectivity index (χ0n) is 9.08. The largest absolute Gasteiger partial charge is 0.321 e. The van der Waals surface area contributed by atoms with E-state index in [0.29, 0.717) is 5.56 Å². The molecule has 0 saturated heterocycles. The minimum atomic E-state index is -0.132. The Balaban J connectivity index is 2.28. The first-order chi connectivity index (χ1) is 8.58. The lowest BCUT2D eigenvalue weighted by Gasteiger charge is -2.08. The van der Waals surface area contributed by atoms with E-state index in [2.05, 4.69) is 59.8 Å². The highest BCUT2D eigenvalue weighted by Gasteiger charge is 2.11. The van der Waals surface area contributed by atoms with Crippen LogP contribution < -0.4 is 5.32 Å². The van der Waals surface area contributed by atoms with E-state index in [1.54, 1.807) is 6.07 Å². The van der Waals surface area contributed by atoms with Crippen LogP contribution in [0, 0.1) is 3.57 Å². The summed E-state index contributed by atoms with van der Waals surface area (Å²) in [5, 5.41) is 2.90. The van der Waals surface area contributed by atoms with Gasteiger partial charge in [0.25, 0.3) is 5.91 Å². The predicted molar refractivity (Wildman–Crippen MR) is 89.0 cm³/mol. The molecule has 0 heterocycles. The summed E-state index contributed by atoms with van der Waals surface area (Å²) in [6, 6.07) is 13.2. The van der Waals surface area contributed by atoms with E-state index >= 15 is 0 Å². The molecule has 0 spiro atoms. The van der Waals surface area contributed by atoms with Crippen LogP contribution in [0.1, 0.15) is 10.4 Å². The van der Waals surface area contributed by atoms with Crippen molar-refractivity contribution >= 4 is 66.0 Å². The third-order valence-electron chi connectivity index (χ3n) is 2.30. The molecule has 0 aliphatic carbocycles. The van der Waals surface area contributed by atoms with Crippen LogP contribution in [0.4, 0.5) is 5.69 Å². The van der Waals surface area contributed by atoms with Crippen LogP contribution in [0.2, 0.25) is 0 Å². The van der Waals surface area contributed by atoms with Crippen molar-refractivity contribution in [2.45, 2.75) is 0 Å².